The Kier molecular flexibility index (Phi) is 3.85. The molecule has 0 saturated carbocycles. The van der Waals surface area contributed by atoms with Crippen molar-refractivity contribution in [2.75, 3.05) is 14.2 Å². The van der Waals surface area contributed by atoms with Crippen molar-refractivity contribution in [3.63, 3.8) is 0 Å². The van der Waals surface area contributed by atoms with E-state index in [9.17, 15) is 4.39 Å². The van der Waals surface area contributed by atoms with Crippen LogP contribution < -0.4 is 10.1 Å². The minimum Gasteiger partial charge on any atom is -0.493 e. The Labute approximate surface area is 112 Å². The number of benzene rings is 1. The van der Waals surface area contributed by atoms with E-state index in [1.165, 1.54) is 12.1 Å². The molecule has 0 fully saturated rings. The molecule has 2 aromatic rings. The normalized spacial score (nSPS) is 12.5. The van der Waals surface area contributed by atoms with Crippen LogP contribution in [0.4, 0.5) is 4.39 Å². The summed E-state index contributed by atoms with van der Waals surface area (Å²) in [6.07, 6.45) is 1.68. The van der Waals surface area contributed by atoms with E-state index in [1.54, 1.807) is 24.1 Å². The Bertz CT molecular complexity index is 580. The van der Waals surface area contributed by atoms with E-state index in [-0.39, 0.29) is 11.9 Å². The number of nitrogens with zero attached hydrogens (tertiary/aromatic N) is 2. The number of hydrogen-bond donors (Lipinski definition) is 1. The van der Waals surface area contributed by atoms with Gasteiger partial charge >= 0.3 is 0 Å². The van der Waals surface area contributed by atoms with Crippen molar-refractivity contribution in [3.05, 3.63) is 47.0 Å². The van der Waals surface area contributed by atoms with Crippen LogP contribution in [0.3, 0.4) is 0 Å². The number of rotatable bonds is 4. The molecule has 19 heavy (non-hydrogen) atoms. The average molecular weight is 263 g/mol. The maximum absolute atomic E-state index is 13.2. The lowest BCUT2D eigenvalue weighted by molar-refractivity contribution is 0.402. The molecular weight excluding hydrogens is 245 g/mol. The van der Waals surface area contributed by atoms with Gasteiger partial charge in [-0.05, 0) is 37.2 Å². The molecule has 102 valence electrons. The molecule has 0 aliphatic heterocycles. The largest absolute Gasteiger partial charge is 0.493 e. The molecule has 1 aromatic heterocycles. The van der Waals surface area contributed by atoms with Crippen LogP contribution in [0.2, 0.25) is 0 Å². The second-order valence-electron chi connectivity index (χ2n) is 4.44. The van der Waals surface area contributed by atoms with Gasteiger partial charge in [-0.2, -0.15) is 5.10 Å². The summed E-state index contributed by atoms with van der Waals surface area (Å²) in [5.74, 6) is 0.485. The molecule has 1 N–H and O–H groups in total. The molecule has 1 unspecified atom stereocenters. The van der Waals surface area contributed by atoms with Crippen LogP contribution in [-0.4, -0.2) is 23.9 Å². The zero-order valence-corrected chi connectivity index (χ0v) is 11.6. The Morgan fingerprint density at radius 1 is 1.42 bits per heavy atom. The molecule has 0 amide bonds. The van der Waals surface area contributed by atoms with Crippen molar-refractivity contribution in [2.24, 2.45) is 7.05 Å². The van der Waals surface area contributed by atoms with Gasteiger partial charge in [-0.3, -0.25) is 4.68 Å². The first-order chi connectivity index (χ1) is 9.08. The van der Waals surface area contributed by atoms with E-state index < -0.39 is 0 Å². The fourth-order valence-electron chi connectivity index (χ4n) is 2.32. The lowest BCUT2D eigenvalue weighted by Crippen LogP contribution is -2.22. The van der Waals surface area contributed by atoms with E-state index in [0.29, 0.717) is 5.75 Å². The predicted molar refractivity (Wildman–Crippen MR) is 71.8 cm³/mol. The summed E-state index contributed by atoms with van der Waals surface area (Å²) in [4.78, 5) is 0. The Balaban J connectivity index is 2.52. The highest BCUT2D eigenvalue weighted by molar-refractivity contribution is 5.40. The van der Waals surface area contributed by atoms with E-state index in [2.05, 4.69) is 10.4 Å². The van der Waals surface area contributed by atoms with Gasteiger partial charge in [0.1, 0.15) is 11.5 Å². The van der Waals surface area contributed by atoms with Crippen LogP contribution in [0, 0.1) is 12.7 Å². The molecular formula is C14H18FN3O. The van der Waals surface area contributed by atoms with Crippen molar-refractivity contribution in [3.8, 4) is 5.75 Å². The molecule has 0 bridgehead atoms. The lowest BCUT2D eigenvalue weighted by atomic mass is 9.98. The summed E-state index contributed by atoms with van der Waals surface area (Å²) in [6, 6.07) is 4.69. The maximum atomic E-state index is 13.2. The van der Waals surface area contributed by atoms with Crippen molar-refractivity contribution in [2.45, 2.75) is 13.0 Å². The highest BCUT2D eigenvalue weighted by atomic mass is 19.1. The van der Waals surface area contributed by atoms with Crippen molar-refractivity contribution in [1.29, 1.82) is 0 Å². The van der Waals surface area contributed by atoms with Crippen molar-refractivity contribution >= 4 is 0 Å². The standard InChI is InChI=1S/C14H18FN3O/c1-9-7-10(15)5-6-11(9)13(16-2)14-12(19-4)8-17-18(14)3/h5-8,13,16H,1-4H3. The summed E-state index contributed by atoms with van der Waals surface area (Å²) in [7, 11) is 5.34. The SMILES string of the molecule is CNC(c1ccc(F)cc1C)c1c(OC)cnn1C. The van der Waals surface area contributed by atoms with E-state index in [4.69, 9.17) is 4.74 Å². The van der Waals surface area contributed by atoms with Crippen LogP contribution >= 0.6 is 0 Å². The second kappa shape index (κ2) is 5.40. The van der Waals surface area contributed by atoms with Crippen molar-refractivity contribution in [1.82, 2.24) is 15.1 Å². The third-order valence-electron chi connectivity index (χ3n) is 3.27. The monoisotopic (exact) mass is 263 g/mol. The van der Waals surface area contributed by atoms with Gasteiger partial charge in [0.05, 0.1) is 19.3 Å². The summed E-state index contributed by atoms with van der Waals surface area (Å²) in [5.41, 5.74) is 2.81. The number of halogens is 1. The summed E-state index contributed by atoms with van der Waals surface area (Å²) in [6.45, 7) is 1.89. The van der Waals surface area contributed by atoms with Gasteiger partial charge < -0.3 is 10.1 Å². The highest BCUT2D eigenvalue weighted by Gasteiger charge is 2.22. The number of ether oxygens (including phenoxy) is 1. The number of methoxy groups -OCH3 is 1. The molecule has 5 heteroatoms. The molecule has 2 rings (SSSR count). The molecule has 0 radical (unpaired) electrons. The maximum Gasteiger partial charge on any atom is 0.161 e. The molecule has 1 atom stereocenters. The highest BCUT2D eigenvalue weighted by Crippen LogP contribution is 2.31. The number of nitrogens with one attached hydrogen (secondary N) is 1. The first kappa shape index (κ1) is 13.5. The fourth-order valence-corrected chi connectivity index (χ4v) is 2.32. The average Bonchev–Trinajstić information content (AvgIpc) is 2.74. The zero-order valence-electron chi connectivity index (χ0n) is 11.6. The number of aryl methyl sites for hydroxylation is 2. The first-order valence-corrected chi connectivity index (χ1v) is 6.07. The van der Waals surface area contributed by atoms with Gasteiger partial charge in [0.2, 0.25) is 0 Å². The van der Waals surface area contributed by atoms with E-state index in [0.717, 1.165) is 16.8 Å². The third kappa shape index (κ3) is 2.46. The Morgan fingerprint density at radius 2 is 2.16 bits per heavy atom. The van der Waals surface area contributed by atoms with Crippen LogP contribution in [0.15, 0.2) is 24.4 Å². The summed E-state index contributed by atoms with van der Waals surface area (Å²) < 4.78 is 20.3. The summed E-state index contributed by atoms with van der Waals surface area (Å²) >= 11 is 0. The van der Waals surface area contributed by atoms with Gasteiger partial charge in [0.15, 0.2) is 5.75 Å². The molecule has 4 nitrogen and oxygen atoms in total. The first-order valence-electron chi connectivity index (χ1n) is 6.07. The minimum atomic E-state index is -0.229. The quantitative estimate of drug-likeness (QED) is 0.919. The van der Waals surface area contributed by atoms with Crippen LogP contribution in [0.5, 0.6) is 5.75 Å². The predicted octanol–water partition coefficient (Wildman–Crippen LogP) is 2.19. The Hall–Kier alpha value is -1.88. The van der Waals surface area contributed by atoms with E-state index >= 15 is 0 Å². The van der Waals surface area contributed by atoms with Gasteiger partial charge in [-0.25, -0.2) is 4.39 Å². The fraction of sp³-hybridized carbons (Fsp3) is 0.357. The van der Waals surface area contributed by atoms with Gasteiger partial charge in [-0.1, -0.05) is 6.07 Å². The molecule has 0 saturated heterocycles. The zero-order chi connectivity index (χ0) is 14.0. The van der Waals surface area contributed by atoms with Crippen LogP contribution in [0.1, 0.15) is 22.9 Å². The van der Waals surface area contributed by atoms with Crippen LogP contribution in [0.25, 0.3) is 0 Å². The summed E-state index contributed by atoms with van der Waals surface area (Å²) in [5, 5.41) is 7.44. The van der Waals surface area contributed by atoms with Gasteiger partial charge in [0, 0.05) is 7.05 Å². The van der Waals surface area contributed by atoms with Crippen molar-refractivity contribution < 1.29 is 9.13 Å². The van der Waals surface area contributed by atoms with Crippen LogP contribution in [-0.2, 0) is 7.05 Å². The second-order valence-corrected chi connectivity index (χ2v) is 4.44. The van der Waals surface area contributed by atoms with E-state index in [1.807, 2.05) is 21.0 Å². The smallest absolute Gasteiger partial charge is 0.161 e. The topological polar surface area (TPSA) is 39.1 Å². The number of hydrogen-bond acceptors (Lipinski definition) is 3. The molecule has 0 aliphatic rings. The number of aromatic nitrogens is 2. The molecule has 0 spiro atoms. The molecule has 0 aliphatic carbocycles. The van der Waals surface area contributed by atoms with Gasteiger partial charge in [0.25, 0.3) is 0 Å². The van der Waals surface area contributed by atoms with Gasteiger partial charge in [-0.15, -0.1) is 0 Å². The lowest BCUT2D eigenvalue weighted by Gasteiger charge is -2.20. The minimum absolute atomic E-state index is 0.0944. The Morgan fingerprint density at radius 3 is 2.74 bits per heavy atom. The molecule has 1 heterocycles. The molecule has 1 aromatic carbocycles. The third-order valence-corrected chi connectivity index (χ3v) is 3.27.